The molecule has 0 aliphatic carbocycles. The van der Waals surface area contributed by atoms with E-state index in [4.69, 9.17) is 16.3 Å². The zero-order valence-corrected chi connectivity index (χ0v) is 15.0. The van der Waals surface area contributed by atoms with E-state index in [9.17, 15) is 9.90 Å². The highest BCUT2D eigenvalue weighted by Gasteiger charge is 2.17. The summed E-state index contributed by atoms with van der Waals surface area (Å²) in [6.07, 6.45) is 1.81. The number of aromatic nitrogens is 1. The molecule has 0 radical (unpaired) electrons. The Morgan fingerprint density at radius 1 is 1.43 bits per heavy atom. The Kier molecular flexibility index (Phi) is 5.29. The monoisotopic (exact) mass is 354 g/mol. The Morgan fingerprint density at radius 3 is 2.70 bits per heavy atom. The molecule has 0 atom stereocenters. The van der Waals surface area contributed by atoms with Crippen LogP contribution >= 0.6 is 23.1 Å². The molecule has 7 heteroatoms. The van der Waals surface area contributed by atoms with Crippen molar-refractivity contribution in [2.75, 3.05) is 7.11 Å². The Balaban J connectivity index is 2.52. The van der Waals surface area contributed by atoms with E-state index in [1.165, 1.54) is 24.7 Å². The first-order chi connectivity index (χ1) is 10.8. The molecule has 0 aliphatic rings. The molecule has 0 aliphatic heterocycles. The molecular formula is C16H19ClN2O3S. The summed E-state index contributed by atoms with van der Waals surface area (Å²) in [7, 11) is 1.48. The van der Waals surface area contributed by atoms with E-state index in [2.05, 4.69) is 4.99 Å². The molecule has 0 saturated carbocycles. The number of rotatable bonds is 3. The molecule has 1 aromatic heterocycles. The maximum atomic E-state index is 12.5. The van der Waals surface area contributed by atoms with Gasteiger partial charge >= 0.3 is 0 Å². The fourth-order valence-corrected chi connectivity index (χ4v) is 3.08. The Bertz CT molecular complexity index is 787. The standard InChI is InChI=1S/C16H19ClN2O3S/c1-16(2,3)19-8-10(9-20)15(23-19)18-14(21)12-7-11(17)5-6-13(12)22-4/h5-8,20H,9H2,1-4H3/b18-15-. The number of ether oxygens (including phenoxy) is 1. The molecule has 2 aromatic rings. The van der Waals surface area contributed by atoms with Crippen LogP contribution in [0, 0.1) is 0 Å². The molecule has 0 bridgehead atoms. The predicted molar refractivity (Wildman–Crippen MR) is 91.1 cm³/mol. The van der Waals surface area contributed by atoms with E-state index in [0.717, 1.165) is 0 Å². The smallest absolute Gasteiger partial charge is 0.282 e. The molecule has 0 spiro atoms. The Morgan fingerprint density at radius 2 is 2.13 bits per heavy atom. The number of benzene rings is 1. The van der Waals surface area contributed by atoms with Crippen molar-refractivity contribution in [3.63, 3.8) is 0 Å². The summed E-state index contributed by atoms with van der Waals surface area (Å²) in [6, 6.07) is 4.80. The molecule has 1 heterocycles. The van der Waals surface area contributed by atoms with Gasteiger partial charge in [-0.3, -0.25) is 8.75 Å². The van der Waals surface area contributed by atoms with Crippen LogP contribution < -0.4 is 9.41 Å². The van der Waals surface area contributed by atoms with Gasteiger partial charge in [-0.25, -0.2) is 0 Å². The van der Waals surface area contributed by atoms with Gasteiger partial charge in [0.15, 0.2) is 0 Å². The second-order valence-electron chi connectivity index (χ2n) is 5.97. The molecule has 0 fully saturated rings. The Labute approximate surface area is 144 Å². The van der Waals surface area contributed by atoms with E-state index < -0.39 is 5.91 Å². The minimum absolute atomic E-state index is 0.154. The largest absolute Gasteiger partial charge is 0.496 e. The van der Waals surface area contributed by atoms with Crippen molar-refractivity contribution in [1.29, 1.82) is 0 Å². The van der Waals surface area contributed by atoms with Crippen LogP contribution in [0.1, 0.15) is 36.7 Å². The number of carbonyl (C=O) groups is 1. The van der Waals surface area contributed by atoms with Crippen molar-refractivity contribution in [1.82, 2.24) is 3.96 Å². The van der Waals surface area contributed by atoms with Crippen LogP contribution in [0.5, 0.6) is 5.75 Å². The number of hydrogen-bond donors (Lipinski definition) is 1. The summed E-state index contributed by atoms with van der Waals surface area (Å²) in [5, 5.41) is 9.94. The molecule has 5 nitrogen and oxygen atoms in total. The zero-order chi connectivity index (χ0) is 17.2. The second-order valence-corrected chi connectivity index (χ2v) is 7.37. The van der Waals surface area contributed by atoms with Crippen LogP contribution in [0.4, 0.5) is 0 Å². The van der Waals surface area contributed by atoms with Crippen molar-refractivity contribution in [3.05, 3.63) is 45.2 Å². The number of halogens is 1. The van der Waals surface area contributed by atoms with E-state index >= 15 is 0 Å². The van der Waals surface area contributed by atoms with Crippen LogP contribution in [0.25, 0.3) is 0 Å². The van der Waals surface area contributed by atoms with Crippen LogP contribution in [0.2, 0.25) is 5.02 Å². The summed E-state index contributed by atoms with van der Waals surface area (Å²) >= 11 is 7.28. The lowest BCUT2D eigenvalue weighted by Gasteiger charge is -2.19. The van der Waals surface area contributed by atoms with Crippen molar-refractivity contribution in [3.8, 4) is 5.75 Å². The zero-order valence-electron chi connectivity index (χ0n) is 13.5. The van der Waals surface area contributed by atoms with Crippen LogP contribution in [-0.2, 0) is 12.1 Å². The number of nitrogens with zero attached hydrogens (tertiary/aromatic N) is 2. The third-order valence-corrected chi connectivity index (χ3v) is 4.77. The third kappa shape index (κ3) is 4.02. The molecular weight excluding hydrogens is 336 g/mol. The minimum Gasteiger partial charge on any atom is -0.496 e. The lowest BCUT2D eigenvalue weighted by atomic mass is 10.1. The first-order valence-corrected chi connectivity index (χ1v) is 8.17. The average molecular weight is 355 g/mol. The van der Waals surface area contributed by atoms with Crippen LogP contribution in [0.3, 0.4) is 0 Å². The van der Waals surface area contributed by atoms with Gasteiger partial charge in [-0.1, -0.05) is 11.6 Å². The molecule has 2 rings (SSSR count). The molecule has 124 valence electrons. The van der Waals surface area contributed by atoms with Crippen molar-refractivity contribution >= 4 is 29.0 Å². The van der Waals surface area contributed by atoms with E-state index in [-0.39, 0.29) is 12.1 Å². The maximum Gasteiger partial charge on any atom is 0.282 e. The fourth-order valence-electron chi connectivity index (χ4n) is 1.91. The highest BCUT2D eigenvalue weighted by Crippen LogP contribution is 2.23. The average Bonchev–Trinajstić information content (AvgIpc) is 2.90. The normalized spacial score (nSPS) is 12.5. The number of aliphatic hydroxyl groups excluding tert-OH is 1. The Hall–Kier alpha value is -1.63. The topological polar surface area (TPSA) is 63.8 Å². The summed E-state index contributed by atoms with van der Waals surface area (Å²) in [6.45, 7) is 5.93. The van der Waals surface area contributed by atoms with Gasteiger partial charge in [0, 0.05) is 22.3 Å². The summed E-state index contributed by atoms with van der Waals surface area (Å²) in [4.78, 5) is 16.6. The molecule has 1 aromatic carbocycles. The number of carbonyl (C=O) groups excluding carboxylic acids is 1. The number of amides is 1. The fraction of sp³-hybridized carbons (Fsp3) is 0.375. The number of methoxy groups -OCH3 is 1. The van der Waals surface area contributed by atoms with E-state index in [0.29, 0.717) is 26.6 Å². The van der Waals surface area contributed by atoms with Crippen LogP contribution in [0.15, 0.2) is 29.4 Å². The van der Waals surface area contributed by atoms with Gasteiger partial charge in [-0.15, -0.1) is 0 Å². The quantitative estimate of drug-likeness (QED) is 0.920. The van der Waals surface area contributed by atoms with Gasteiger partial charge in [0.1, 0.15) is 10.4 Å². The lowest BCUT2D eigenvalue weighted by Crippen LogP contribution is -2.18. The van der Waals surface area contributed by atoms with Gasteiger partial charge in [0.05, 0.1) is 19.3 Å². The minimum atomic E-state index is -0.457. The predicted octanol–water partition coefficient (Wildman–Crippen LogP) is 3.20. The molecule has 1 N–H and O–H groups in total. The number of aliphatic hydroxyl groups is 1. The molecule has 0 saturated heterocycles. The first kappa shape index (κ1) is 17.7. The summed E-state index contributed by atoms with van der Waals surface area (Å²) in [5.41, 5.74) is 0.748. The molecule has 23 heavy (non-hydrogen) atoms. The van der Waals surface area contributed by atoms with Gasteiger partial charge < -0.3 is 9.84 Å². The van der Waals surface area contributed by atoms with E-state index in [1.807, 2.05) is 30.9 Å². The highest BCUT2D eigenvalue weighted by molar-refractivity contribution is 7.04. The highest BCUT2D eigenvalue weighted by atomic mass is 35.5. The van der Waals surface area contributed by atoms with Crippen LogP contribution in [-0.4, -0.2) is 22.1 Å². The third-order valence-electron chi connectivity index (χ3n) is 3.16. The van der Waals surface area contributed by atoms with Gasteiger partial charge in [-0.05, 0) is 50.5 Å². The second kappa shape index (κ2) is 6.86. The van der Waals surface area contributed by atoms with Crippen molar-refractivity contribution < 1.29 is 14.6 Å². The SMILES string of the molecule is COc1ccc(Cl)cc1C(=O)/N=c1\sn(C(C)(C)C)cc1CO. The van der Waals surface area contributed by atoms with Gasteiger partial charge in [-0.2, -0.15) is 4.99 Å². The molecule has 1 amide bonds. The maximum absolute atomic E-state index is 12.5. The molecule has 0 unspecified atom stereocenters. The summed E-state index contributed by atoms with van der Waals surface area (Å²) < 4.78 is 7.62. The van der Waals surface area contributed by atoms with E-state index in [1.54, 1.807) is 12.1 Å². The first-order valence-electron chi connectivity index (χ1n) is 7.02. The van der Waals surface area contributed by atoms with Crippen molar-refractivity contribution in [2.45, 2.75) is 32.9 Å². The lowest BCUT2D eigenvalue weighted by molar-refractivity contribution is 0.0996. The van der Waals surface area contributed by atoms with Gasteiger partial charge in [0.25, 0.3) is 5.91 Å². The van der Waals surface area contributed by atoms with Crippen molar-refractivity contribution in [2.24, 2.45) is 4.99 Å². The summed E-state index contributed by atoms with van der Waals surface area (Å²) in [5.74, 6) is -0.0455. The number of hydrogen-bond acceptors (Lipinski definition) is 4. The van der Waals surface area contributed by atoms with Gasteiger partial charge in [0.2, 0.25) is 0 Å².